The van der Waals surface area contributed by atoms with Crippen LogP contribution in [0.3, 0.4) is 0 Å². The van der Waals surface area contributed by atoms with Crippen molar-refractivity contribution in [3.63, 3.8) is 0 Å². The molecule has 0 saturated heterocycles. The Hall–Kier alpha value is -2.08. The number of carbonyl (C=O) groups excluding carboxylic acids is 1. The second kappa shape index (κ2) is 8.97. The van der Waals surface area contributed by atoms with Crippen LogP contribution in [-0.4, -0.2) is 55.2 Å². The highest BCUT2D eigenvalue weighted by molar-refractivity contribution is 5.87. The molecule has 0 heterocycles. The molecule has 0 fully saturated rings. The summed E-state index contributed by atoms with van der Waals surface area (Å²) in [6.07, 6.45) is 0.601. The van der Waals surface area contributed by atoms with Crippen LogP contribution in [0.25, 0.3) is 0 Å². The minimum atomic E-state index is -0.942. The van der Waals surface area contributed by atoms with Crippen LogP contribution in [-0.2, 0) is 6.42 Å². The van der Waals surface area contributed by atoms with E-state index >= 15 is 0 Å². The number of carbonyl (C=O) groups is 2. The maximum Gasteiger partial charge on any atom is 0.335 e. The quantitative estimate of drug-likeness (QED) is 0.672. The van der Waals surface area contributed by atoms with Gasteiger partial charge in [-0.1, -0.05) is 19.1 Å². The molecule has 0 radical (unpaired) electrons. The predicted molar refractivity (Wildman–Crippen MR) is 81.7 cm³/mol. The van der Waals surface area contributed by atoms with Gasteiger partial charge in [-0.2, -0.15) is 0 Å². The van der Waals surface area contributed by atoms with Crippen molar-refractivity contribution in [2.75, 3.05) is 33.2 Å². The van der Waals surface area contributed by atoms with Gasteiger partial charge in [-0.05, 0) is 37.7 Å². The Morgan fingerprint density at radius 1 is 1.24 bits per heavy atom. The van der Waals surface area contributed by atoms with E-state index in [9.17, 15) is 9.59 Å². The minimum absolute atomic E-state index is 0.200. The highest BCUT2D eigenvalue weighted by Gasteiger charge is 2.04. The second-order valence-electron chi connectivity index (χ2n) is 4.83. The van der Waals surface area contributed by atoms with Gasteiger partial charge in [0.2, 0.25) is 0 Å². The monoisotopic (exact) mass is 293 g/mol. The molecule has 6 heteroatoms. The lowest BCUT2D eigenvalue weighted by atomic mass is 10.1. The molecule has 0 saturated carbocycles. The van der Waals surface area contributed by atoms with E-state index in [1.807, 2.05) is 13.1 Å². The van der Waals surface area contributed by atoms with Crippen LogP contribution in [0.5, 0.6) is 0 Å². The van der Waals surface area contributed by atoms with Crippen LogP contribution in [0, 0.1) is 0 Å². The lowest BCUT2D eigenvalue weighted by Gasteiger charge is -2.14. The molecule has 0 atom stereocenters. The lowest BCUT2D eigenvalue weighted by Crippen LogP contribution is -2.40. The van der Waals surface area contributed by atoms with E-state index in [4.69, 9.17) is 5.11 Å². The molecule has 21 heavy (non-hydrogen) atoms. The molecule has 3 N–H and O–H groups in total. The normalized spacial score (nSPS) is 10.4. The molecule has 0 unspecified atom stereocenters. The zero-order valence-corrected chi connectivity index (χ0v) is 12.6. The molecule has 0 spiro atoms. The summed E-state index contributed by atoms with van der Waals surface area (Å²) in [6, 6.07) is 6.53. The molecule has 0 aliphatic heterocycles. The molecular formula is C15H23N3O3. The van der Waals surface area contributed by atoms with Gasteiger partial charge >= 0.3 is 12.0 Å². The number of benzene rings is 1. The van der Waals surface area contributed by atoms with Crippen LogP contribution in [0.2, 0.25) is 0 Å². The van der Waals surface area contributed by atoms with Crippen molar-refractivity contribution in [1.82, 2.24) is 15.5 Å². The Kier molecular flexibility index (Phi) is 7.25. The van der Waals surface area contributed by atoms with Gasteiger partial charge in [0, 0.05) is 19.6 Å². The molecule has 2 amide bonds. The summed E-state index contributed by atoms with van der Waals surface area (Å²) in [5.41, 5.74) is 1.15. The molecule has 0 aliphatic rings. The van der Waals surface area contributed by atoms with Gasteiger partial charge in [0.1, 0.15) is 0 Å². The van der Waals surface area contributed by atoms with Crippen molar-refractivity contribution in [3.8, 4) is 0 Å². The fourth-order valence-corrected chi connectivity index (χ4v) is 1.76. The summed E-state index contributed by atoms with van der Waals surface area (Å²) in [4.78, 5) is 24.5. The molecule has 1 aromatic rings. The maximum atomic E-state index is 11.5. The average Bonchev–Trinajstić information content (AvgIpc) is 2.47. The summed E-state index contributed by atoms with van der Waals surface area (Å²) < 4.78 is 0. The summed E-state index contributed by atoms with van der Waals surface area (Å²) >= 11 is 0. The van der Waals surface area contributed by atoms with Crippen molar-refractivity contribution in [2.24, 2.45) is 0 Å². The number of nitrogens with one attached hydrogen (secondary N) is 2. The first kappa shape index (κ1) is 17.0. The molecule has 1 aromatic carbocycles. The number of hydrogen-bond donors (Lipinski definition) is 3. The standard InChI is InChI=1S/C15H23N3O3/c1-3-18(2)10-9-17-15(21)16-8-7-12-5-4-6-13(11-12)14(19)20/h4-6,11H,3,7-10H2,1-2H3,(H,19,20)(H2,16,17,21). The number of carboxylic acid groups (broad SMARTS) is 1. The number of aromatic carboxylic acids is 1. The highest BCUT2D eigenvalue weighted by atomic mass is 16.4. The lowest BCUT2D eigenvalue weighted by molar-refractivity contribution is 0.0696. The van der Waals surface area contributed by atoms with Gasteiger partial charge in [-0.25, -0.2) is 9.59 Å². The van der Waals surface area contributed by atoms with Gasteiger partial charge in [-0.3, -0.25) is 0 Å². The van der Waals surface area contributed by atoms with Crippen molar-refractivity contribution < 1.29 is 14.7 Å². The number of urea groups is 1. The number of rotatable bonds is 8. The van der Waals surface area contributed by atoms with E-state index in [-0.39, 0.29) is 11.6 Å². The van der Waals surface area contributed by atoms with E-state index in [0.29, 0.717) is 19.5 Å². The third kappa shape index (κ3) is 6.76. The summed E-state index contributed by atoms with van der Waals surface area (Å²) in [6.45, 7) is 4.89. The van der Waals surface area contributed by atoms with E-state index in [0.717, 1.165) is 18.7 Å². The summed E-state index contributed by atoms with van der Waals surface area (Å²) in [5, 5.41) is 14.4. The average molecular weight is 293 g/mol. The number of amides is 2. The maximum absolute atomic E-state index is 11.5. The Bertz CT molecular complexity index is 477. The second-order valence-corrected chi connectivity index (χ2v) is 4.83. The third-order valence-electron chi connectivity index (χ3n) is 3.19. The highest BCUT2D eigenvalue weighted by Crippen LogP contribution is 2.05. The van der Waals surface area contributed by atoms with E-state index in [1.165, 1.54) is 0 Å². The van der Waals surface area contributed by atoms with Crippen LogP contribution in [0.1, 0.15) is 22.8 Å². The molecule has 116 valence electrons. The Morgan fingerprint density at radius 2 is 1.95 bits per heavy atom. The Balaban J connectivity index is 2.25. The molecular weight excluding hydrogens is 270 g/mol. The third-order valence-corrected chi connectivity index (χ3v) is 3.19. The van der Waals surface area contributed by atoms with E-state index < -0.39 is 5.97 Å². The first-order valence-electron chi connectivity index (χ1n) is 7.05. The molecule has 0 aliphatic carbocycles. The first-order valence-corrected chi connectivity index (χ1v) is 7.05. The zero-order valence-electron chi connectivity index (χ0n) is 12.6. The van der Waals surface area contributed by atoms with Gasteiger partial charge in [-0.15, -0.1) is 0 Å². The molecule has 6 nitrogen and oxygen atoms in total. The molecule has 1 rings (SSSR count). The zero-order chi connectivity index (χ0) is 15.7. The fraction of sp³-hybridized carbons (Fsp3) is 0.467. The van der Waals surface area contributed by atoms with Crippen LogP contribution >= 0.6 is 0 Å². The number of hydrogen-bond acceptors (Lipinski definition) is 3. The number of likely N-dealkylation sites (N-methyl/N-ethyl adjacent to an activating group) is 1. The number of carboxylic acids is 1. The van der Waals surface area contributed by atoms with E-state index in [2.05, 4.69) is 22.5 Å². The van der Waals surface area contributed by atoms with Gasteiger partial charge in [0.25, 0.3) is 0 Å². The van der Waals surface area contributed by atoms with Crippen molar-refractivity contribution in [2.45, 2.75) is 13.3 Å². The van der Waals surface area contributed by atoms with Gasteiger partial charge in [0.05, 0.1) is 5.56 Å². The van der Waals surface area contributed by atoms with Crippen molar-refractivity contribution in [1.29, 1.82) is 0 Å². The van der Waals surface area contributed by atoms with E-state index in [1.54, 1.807) is 18.2 Å². The predicted octanol–water partition coefficient (Wildman–Crippen LogP) is 1.18. The van der Waals surface area contributed by atoms with Crippen LogP contribution in [0.4, 0.5) is 4.79 Å². The largest absolute Gasteiger partial charge is 0.478 e. The Morgan fingerprint density at radius 3 is 2.62 bits per heavy atom. The fourth-order valence-electron chi connectivity index (χ4n) is 1.76. The topological polar surface area (TPSA) is 81.7 Å². The Labute approximate surface area is 125 Å². The number of nitrogens with zero attached hydrogens (tertiary/aromatic N) is 1. The van der Waals surface area contributed by atoms with Gasteiger partial charge in [0.15, 0.2) is 0 Å². The van der Waals surface area contributed by atoms with Crippen LogP contribution < -0.4 is 10.6 Å². The van der Waals surface area contributed by atoms with Crippen LogP contribution in [0.15, 0.2) is 24.3 Å². The minimum Gasteiger partial charge on any atom is -0.478 e. The SMILES string of the molecule is CCN(C)CCNC(=O)NCCc1cccc(C(=O)O)c1. The van der Waals surface area contributed by atoms with Gasteiger partial charge < -0.3 is 20.6 Å². The van der Waals surface area contributed by atoms with Crippen molar-refractivity contribution in [3.05, 3.63) is 35.4 Å². The smallest absolute Gasteiger partial charge is 0.335 e. The van der Waals surface area contributed by atoms with Crippen molar-refractivity contribution >= 4 is 12.0 Å². The summed E-state index contributed by atoms with van der Waals surface area (Å²) in [5.74, 6) is -0.942. The molecule has 0 bridgehead atoms. The molecule has 0 aromatic heterocycles. The summed E-state index contributed by atoms with van der Waals surface area (Å²) in [7, 11) is 2.00. The first-order chi connectivity index (χ1) is 10.0.